The average molecular weight is 299 g/mol. The number of carbonyl (C=O) groups is 2. The molecule has 1 aromatic heterocycles. The summed E-state index contributed by atoms with van der Waals surface area (Å²) in [6.07, 6.45) is -0.0620. The standard InChI is InChI=1S/C13H21N3O3S/c1-13(2,3)16(6-5-11(17)18)12(19)15(4)7-10-8-20-9-14-10/h8-9H,5-7H2,1-4H3,(H,17,18). The van der Waals surface area contributed by atoms with Crippen molar-refractivity contribution in [1.29, 1.82) is 0 Å². The average Bonchev–Trinajstić information content (AvgIpc) is 2.79. The second kappa shape index (κ2) is 6.69. The Kier molecular flexibility index (Phi) is 5.50. The van der Waals surface area contributed by atoms with Crippen molar-refractivity contribution < 1.29 is 14.7 Å². The molecule has 0 saturated heterocycles. The maximum Gasteiger partial charge on any atom is 0.320 e. The van der Waals surface area contributed by atoms with Crippen LogP contribution in [0.25, 0.3) is 0 Å². The van der Waals surface area contributed by atoms with Crippen LogP contribution in [-0.2, 0) is 11.3 Å². The van der Waals surface area contributed by atoms with Gasteiger partial charge in [0.25, 0.3) is 0 Å². The molecule has 0 bridgehead atoms. The summed E-state index contributed by atoms with van der Waals surface area (Å²) in [4.78, 5) is 30.5. The van der Waals surface area contributed by atoms with Crippen molar-refractivity contribution in [2.45, 2.75) is 39.3 Å². The highest BCUT2D eigenvalue weighted by Crippen LogP contribution is 2.17. The maximum absolute atomic E-state index is 12.5. The number of carboxylic acids is 1. The number of nitrogens with zero attached hydrogens (tertiary/aromatic N) is 3. The Morgan fingerprint density at radius 2 is 2.05 bits per heavy atom. The van der Waals surface area contributed by atoms with Crippen LogP contribution in [-0.4, -0.2) is 51.0 Å². The van der Waals surface area contributed by atoms with Crippen LogP contribution in [0, 0.1) is 0 Å². The lowest BCUT2D eigenvalue weighted by Gasteiger charge is -2.38. The number of aromatic nitrogens is 1. The third-order valence-electron chi connectivity index (χ3n) is 2.80. The van der Waals surface area contributed by atoms with Gasteiger partial charge in [0, 0.05) is 24.5 Å². The van der Waals surface area contributed by atoms with E-state index in [-0.39, 0.29) is 19.0 Å². The molecule has 20 heavy (non-hydrogen) atoms. The Labute approximate surface area is 123 Å². The highest BCUT2D eigenvalue weighted by atomic mass is 32.1. The molecule has 0 saturated carbocycles. The number of carbonyl (C=O) groups excluding carboxylic acids is 1. The van der Waals surface area contributed by atoms with Gasteiger partial charge in [-0.3, -0.25) is 4.79 Å². The third kappa shape index (κ3) is 4.80. The molecule has 0 spiro atoms. The minimum Gasteiger partial charge on any atom is -0.481 e. The van der Waals surface area contributed by atoms with Crippen LogP contribution < -0.4 is 0 Å². The van der Waals surface area contributed by atoms with Gasteiger partial charge in [0.05, 0.1) is 24.2 Å². The molecular weight excluding hydrogens is 278 g/mol. The fourth-order valence-corrected chi connectivity index (χ4v) is 2.31. The molecule has 0 radical (unpaired) electrons. The van der Waals surface area contributed by atoms with Gasteiger partial charge < -0.3 is 14.9 Å². The van der Waals surface area contributed by atoms with Gasteiger partial charge in [0.15, 0.2) is 0 Å². The summed E-state index contributed by atoms with van der Waals surface area (Å²) in [5.41, 5.74) is 2.13. The van der Waals surface area contributed by atoms with Gasteiger partial charge in [-0.1, -0.05) is 0 Å². The lowest BCUT2D eigenvalue weighted by molar-refractivity contribution is -0.137. The summed E-state index contributed by atoms with van der Waals surface area (Å²) < 4.78 is 0. The summed E-state index contributed by atoms with van der Waals surface area (Å²) in [5, 5.41) is 10.7. The molecule has 0 fully saturated rings. The van der Waals surface area contributed by atoms with Gasteiger partial charge in [-0.25, -0.2) is 9.78 Å². The van der Waals surface area contributed by atoms with E-state index >= 15 is 0 Å². The second-order valence-electron chi connectivity index (χ2n) is 5.58. The monoisotopic (exact) mass is 299 g/mol. The smallest absolute Gasteiger partial charge is 0.320 e. The van der Waals surface area contributed by atoms with Gasteiger partial charge in [-0.15, -0.1) is 11.3 Å². The summed E-state index contributed by atoms with van der Waals surface area (Å²) in [7, 11) is 1.70. The third-order valence-corrected chi connectivity index (χ3v) is 3.43. The van der Waals surface area contributed by atoms with Crippen molar-refractivity contribution in [2.75, 3.05) is 13.6 Å². The highest BCUT2D eigenvalue weighted by molar-refractivity contribution is 7.07. The molecule has 0 aliphatic heterocycles. The minimum atomic E-state index is -0.908. The first kappa shape index (κ1) is 16.4. The summed E-state index contributed by atoms with van der Waals surface area (Å²) >= 11 is 1.48. The van der Waals surface area contributed by atoms with E-state index < -0.39 is 11.5 Å². The summed E-state index contributed by atoms with van der Waals surface area (Å²) in [6, 6.07) is -0.188. The number of urea groups is 1. The minimum absolute atomic E-state index is 0.0620. The Bertz CT molecular complexity index is 454. The molecular formula is C13H21N3O3S. The molecule has 0 unspecified atom stereocenters. The van der Waals surface area contributed by atoms with E-state index in [4.69, 9.17) is 5.11 Å². The number of hydrogen-bond acceptors (Lipinski definition) is 4. The Hall–Kier alpha value is -1.63. The van der Waals surface area contributed by atoms with E-state index in [0.717, 1.165) is 5.69 Å². The molecule has 0 aliphatic carbocycles. The molecule has 6 nitrogen and oxygen atoms in total. The zero-order chi connectivity index (χ0) is 15.3. The highest BCUT2D eigenvalue weighted by Gasteiger charge is 2.29. The lowest BCUT2D eigenvalue weighted by Crippen LogP contribution is -2.51. The molecule has 2 amide bonds. The SMILES string of the molecule is CN(Cc1cscn1)C(=O)N(CCC(=O)O)C(C)(C)C. The number of carboxylic acid groups (broad SMARTS) is 1. The van der Waals surface area contributed by atoms with Crippen molar-refractivity contribution in [2.24, 2.45) is 0 Å². The van der Waals surface area contributed by atoms with E-state index in [1.165, 1.54) is 11.3 Å². The van der Waals surface area contributed by atoms with Crippen LogP contribution in [0.3, 0.4) is 0 Å². The van der Waals surface area contributed by atoms with Crippen LogP contribution in [0.15, 0.2) is 10.9 Å². The second-order valence-corrected chi connectivity index (χ2v) is 6.30. The molecule has 112 valence electrons. The van der Waals surface area contributed by atoms with Gasteiger partial charge in [-0.05, 0) is 20.8 Å². The molecule has 1 heterocycles. The van der Waals surface area contributed by atoms with Crippen LogP contribution >= 0.6 is 11.3 Å². The van der Waals surface area contributed by atoms with Gasteiger partial charge in [0.1, 0.15) is 0 Å². The Balaban J connectivity index is 2.73. The normalized spacial score (nSPS) is 11.2. The molecule has 1 N–H and O–H groups in total. The van der Waals surface area contributed by atoms with Crippen molar-refractivity contribution in [3.63, 3.8) is 0 Å². The molecule has 0 aliphatic rings. The van der Waals surface area contributed by atoms with Crippen molar-refractivity contribution in [3.8, 4) is 0 Å². The number of thiazole rings is 1. The zero-order valence-electron chi connectivity index (χ0n) is 12.3. The fraction of sp³-hybridized carbons (Fsp3) is 0.615. The Morgan fingerprint density at radius 1 is 1.40 bits per heavy atom. The number of rotatable bonds is 5. The van der Waals surface area contributed by atoms with E-state index in [1.807, 2.05) is 26.2 Å². The molecule has 0 aromatic carbocycles. The van der Waals surface area contributed by atoms with Gasteiger partial charge >= 0.3 is 12.0 Å². The number of aliphatic carboxylic acids is 1. The maximum atomic E-state index is 12.5. The van der Waals surface area contributed by atoms with Crippen LogP contribution in [0.1, 0.15) is 32.9 Å². The molecule has 1 rings (SSSR count). The quantitative estimate of drug-likeness (QED) is 0.905. The van der Waals surface area contributed by atoms with Crippen molar-refractivity contribution in [1.82, 2.24) is 14.8 Å². The first-order valence-electron chi connectivity index (χ1n) is 6.33. The zero-order valence-corrected chi connectivity index (χ0v) is 13.1. The van der Waals surface area contributed by atoms with Crippen LogP contribution in [0.4, 0.5) is 4.79 Å². The Morgan fingerprint density at radius 3 is 2.50 bits per heavy atom. The van der Waals surface area contributed by atoms with E-state index in [0.29, 0.717) is 6.54 Å². The first-order valence-corrected chi connectivity index (χ1v) is 7.27. The molecule has 1 aromatic rings. The molecule has 7 heteroatoms. The van der Waals surface area contributed by atoms with Gasteiger partial charge in [-0.2, -0.15) is 0 Å². The molecule has 0 atom stereocenters. The van der Waals surface area contributed by atoms with Crippen molar-refractivity contribution in [3.05, 3.63) is 16.6 Å². The summed E-state index contributed by atoms with van der Waals surface area (Å²) in [5.74, 6) is -0.908. The van der Waals surface area contributed by atoms with E-state index in [2.05, 4.69) is 4.98 Å². The van der Waals surface area contributed by atoms with Gasteiger partial charge in [0.2, 0.25) is 0 Å². The predicted molar refractivity (Wildman–Crippen MR) is 77.7 cm³/mol. The number of amides is 2. The predicted octanol–water partition coefficient (Wildman–Crippen LogP) is 2.27. The number of hydrogen-bond donors (Lipinski definition) is 1. The summed E-state index contributed by atoms with van der Waals surface area (Å²) in [6.45, 7) is 6.29. The van der Waals surface area contributed by atoms with E-state index in [1.54, 1.807) is 22.4 Å². The fourth-order valence-electron chi connectivity index (χ4n) is 1.76. The van der Waals surface area contributed by atoms with Crippen molar-refractivity contribution >= 4 is 23.3 Å². The lowest BCUT2D eigenvalue weighted by atomic mass is 10.1. The first-order chi connectivity index (χ1) is 9.21. The topological polar surface area (TPSA) is 73.7 Å². The van der Waals surface area contributed by atoms with Crippen LogP contribution in [0.2, 0.25) is 0 Å². The van der Waals surface area contributed by atoms with E-state index in [9.17, 15) is 9.59 Å². The largest absolute Gasteiger partial charge is 0.481 e. The van der Waals surface area contributed by atoms with Crippen LogP contribution in [0.5, 0.6) is 0 Å².